The van der Waals surface area contributed by atoms with Crippen LogP contribution in [0.1, 0.15) is 12.7 Å². The van der Waals surface area contributed by atoms with Crippen LogP contribution in [0, 0.1) is 0 Å². The Morgan fingerprint density at radius 1 is 1.23 bits per heavy atom. The zero-order valence-corrected chi connectivity index (χ0v) is 13.9. The van der Waals surface area contributed by atoms with E-state index in [1.165, 1.54) is 6.92 Å². The third kappa shape index (κ3) is 2.32. The van der Waals surface area contributed by atoms with E-state index in [1.807, 2.05) is 12.1 Å². The number of fused-ring (bicyclic) bond motifs is 1. The first kappa shape index (κ1) is 16.1. The second-order valence-corrected chi connectivity index (χ2v) is 6.37. The topological polar surface area (TPSA) is 112 Å². The number of furan rings is 1. The van der Waals surface area contributed by atoms with Crippen LogP contribution < -0.4 is 10.6 Å². The highest BCUT2D eigenvalue weighted by Gasteiger charge is 2.52. The molecule has 0 spiro atoms. The maximum absolute atomic E-state index is 12.9. The molecule has 0 saturated carbocycles. The smallest absolute Gasteiger partial charge is 0.325 e. The highest BCUT2D eigenvalue weighted by Crippen LogP contribution is 2.33. The van der Waals surface area contributed by atoms with Gasteiger partial charge in [0.15, 0.2) is 5.54 Å². The standard InChI is InChI=1S/C17H16N4O5/c1-17(12-8-10-4-2-3-5-11(10)26-12)14(23)21(16(25)19-17)9-13(22)20-7-6-18-15(20)24/h2-5,8H,6-7,9H2,1H3,(H,18,24)(H,19,25)/t17-/m0/s1. The van der Waals surface area contributed by atoms with Gasteiger partial charge in [0.2, 0.25) is 0 Å². The lowest BCUT2D eigenvalue weighted by Gasteiger charge is -2.20. The van der Waals surface area contributed by atoms with E-state index in [0.717, 1.165) is 15.2 Å². The molecule has 2 fully saturated rings. The van der Waals surface area contributed by atoms with Crippen molar-refractivity contribution < 1.29 is 23.6 Å². The summed E-state index contributed by atoms with van der Waals surface area (Å²) in [7, 11) is 0. The van der Waals surface area contributed by atoms with Crippen LogP contribution in [0.3, 0.4) is 0 Å². The van der Waals surface area contributed by atoms with Crippen molar-refractivity contribution >= 4 is 34.8 Å². The lowest BCUT2D eigenvalue weighted by Crippen LogP contribution is -2.45. The molecule has 9 nitrogen and oxygen atoms in total. The number of carbonyl (C=O) groups excluding carboxylic acids is 4. The van der Waals surface area contributed by atoms with Crippen molar-refractivity contribution in [3.05, 3.63) is 36.1 Å². The van der Waals surface area contributed by atoms with Crippen molar-refractivity contribution in [3.63, 3.8) is 0 Å². The van der Waals surface area contributed by atoms with Crippen LogP contribution in [-0.2, 0) is 15.1 Å². The molecule has 26 heavy (non-hydrogen) atoms. The number of amides is 6. The predicted molar refractivity (Wildman–Crippen MR) is 88.9 cm³/mol. The lowest BCUT2D eigenvalue weighted by molar-refractivity contribution is -0.137. The van der Waals surface area contributed by atoms with Crippen molar-refractivity contribution in [2.75, 3.05) is 19.6 Å². The molecule has 2 saturated heterocycles. The maximum atomic E-state index is 12.9. The van der Waals surface area contributed by atoms with Gasteiger partial charge >= 0.3 is 12.1 Å². The number of imide groups is 2. The fourth-order valence-corrected chi connectivity index (χ4v) is 3.17. The number of nitrogens with one attached hydrogen (secondary N) is 2. The van der Waals surface area contributed by atoms with Crippen molar-refractivity contribution in [3.8, 4) is 0 Å². The molecule has 2 aromatic rings. The van der Waals surface area contributed by atoms with Crippen molar-refractivity contribution in [1.29, 1.82) is 0 Å². The summed E-state index contributed by atoms with van der Waals surface area (Å²) in [4.78, 5) is 50.8. The Balaban J connectivity index is 1.60. The number of hydrogen-bond donors (Lipinski definition) is 2. The molecule has 0 radical (unpaired) electrons. The molecule has 9 heteroatoms. The average molecular weight is 356 g/mol. The molecule has 0 aliphatic carbocycles. The summed E-state index contributed by atoms with van der Waals surface area (Å²) in [5.41, 5.74) is -0.821. The van der Waals surface area contributed by atoms with Crippen LogP contribution >= 0.6 is 0 Å². The van der Waals surface area contributed by atoms with Gasteiger partial charge in [-0.25, -0.2) is 9.59 Å². The van der Waals surface area contributed by atoms with Gasteiger partial charge < -0.3 is 15.1 Å². The molecule has 2 N–H and O–H groups in total. The summed E-state index contributed by atoms with van der Waals surface area (Å²) >= 11 is 0. The molecule has 4 rings (SSSR count). The minimum absolute atomic E-state index is 0.210. The van der Waals surface area contributed by atoms with Crippen molar-refractivity contribution in [2.45, 2.75) is 12.5 Å². The lowest BCUT2D eigenvalue weighted by atomic mass is 9.99. The maximum Gasteiger partial charge on any atom is 0.325 e. The summed E-state index contributed by atoms with van der Waals surface area (Å²) in [5.74, 6) is -0.933. The molecule has 2 aliphatic heterocycles. The van der Waals surface area contributed by atoms with Crippen LogP contribution in [0.5, 0.6) is 0 Å². The summed E-state index contributed by atoms with van der Waals surface area (Å²) < 4.78 is 5.72. The van der Waals surface area contributed by atoms with E-state index >= 15 is 0 Å². The summed E-state index contributed by atoms with van der Waals surface area (Å²) in [5, 5.41) is 5.89. The molecular formula is C17H16N4O5. The highest BCUT2D eigenvalue weighted by molar-refractivity contribution is 6.10. The summed E-state index contributed by atoms with van der Waals surface area (Å²) in [6.07, 6.45) is 0. The number of hydrogen-bond acceptors (Lipinski definition) is 5. The van der Waals surface area contributed by atoms with Crippen LogP contribution in [0.25, 0.3) is 11.0 Å². The number of carbonyl (C=O) groups is 4. The number of rotatable bonds is 3. The molecule has 6 amide bonds. The zero-order chi connectivity index (χ0) is 18.5. The Morgan fingerprint density at radius 3 is 2.69 bits per heavy atom. The van der Waals surface area contributed by atoms with E-state index in [4.69, 9.17) is 4.42 Å². The van der Waals surface area contributed by atoms with Gasteiger partial charge in [-0.05, 0) is 19.1 Å². The van der Waals surface area contributed by atoms with Crippen LogP contribution in [0.4, 0.5) is 9.59 Å². The van der Waals surface area contributed by atoms with Crippen LogP contribution in [0.15, 0.2) is 34.7 Å². The third-order valence-electron chi connectivity index (χ3n) is 4.64. The normalized spacial score (nSPS) is 22.9. The molecule has 1 atom stereocenters. The molecule has 0 bridgehead atoms. The average Bonchev–Trinajstić information content (AvgIpc) is 3.29. The molecule has 134 valence electrons. The van der Waals surface area contributed by atoms with E-state index in [2.05, 4.69) is 10.6 Å². The Morgan fingerprint density at radius 2 is 2.00 bits per heavy atom. The predicted octanol–water partition coefficient (Wildman–Crippen LogP) is 0.752. The van der Waals surface area contributed by atoms with E-state index in [0.29, 0.717) is 12.1 Å². The quantitative estimate of drug-likeness (QED) is 0.788. The number of benzene rings is 1. The first-order valence-corrected chi connectivity index (χ1v) is 8.11. The van der Waals surface area contributed by atoms with Gasteiger partial charge in [-0.15, -0.1) is 0 Å². The number of urea groups is 2. The molecule has 2 aliphatic rings. The van der Waals surface area contributed by atoms with Crippen LogP contribution in [0.2, 0.25) is 0 Å². The first-order chi connectivity index (χ1) is 12.4. The van der Waals surface area contributed by atoms with Crippen molar-refractivity contribution in [1.82, 2.24) is 20.4 Å². The monoisotopic (exact) mass is 356 g/mol. The second kappa shape index (κ2) is 5.58. The largest absolute Gasteiger partial charge is 0.458 e. The Bertz CT molecular complexity index is 919. The van der Waals surface area contributed by atoms with E-state index in [1.54, 1.807) is 18.2 Å². The van der Waals surface area contributed by atoms with Crippen molar-refractivity contribution in [2.24, 2.45) is 0 Å². The van der Waals surface area contributed by atoms with Gasteiger partial charge in [0.25, 0.3) is 11.8 Å². The molecule has 1 aromatic carbocycles. The zero-order valence-electron chi connectivity index (χ0n) is 13.9. The molecule has 0 unspecified atom stereocenters. The molecule has 1 aromatic heterocycles. The molecule has 3 heterocycles. The number of nitrogens with zero attached hydrogens (tertiary/aromatic N) is 2. The van der Waals surface area contributed by atoms with Gasteiger partial charge in [-0.3, -0.25) is 19.4 Å². The van der Waals surface area contributed by atoms with Gasteiger partial charge in [0.05, 0.1) is 0 Å². The highest BCUT2D eigenvalue weighted by atomic mass is 16.3. The Kier molecular flexibility index (Phi) is 3.46. The minimum atomic E-state index is -1.41. The SMILES string of the molecule is C[C@@]1(c2cc3ccccc3o2)NC(=O)N(CC(=O)N2CCNC2=O)C1=O. The van der Waals surface area contributed by atoms with Gasteiger partial charge in [-0.1, -0.05) is 18.2 Å². The summed E-state index contributed by atoms with van der Waals surface area (Å²) in [6, 6.07) is 7.70. The minimum Gasteiger partial charge on any atom is -0.458 e. The number of para-hydroxylation sites is 1. The van der Waals surface area contributed by atoms with Gasteiger partial charge in [0, 0.05) is 18.5 Å². The summed E-state index contributed by atoms with van der Waals surface area (Å²) in [6.45, 7) is 1.58. The first-order valence-electron chi connectivity index (χ1n) is 8.11. The van der Waals surface area contributed by atoms with Crippen LogP contribution in [-0.4, -0.2) is 53.3 Å². The van der Waals surface area contributed by atoms with E-state index < -0.39 is 36.0 Å². The Hall–Kier alpha value is -3.36. The van der Waals surface area contributed by atoms with E-state index in [9.17, 15) is 19.2 Å². The fourth-order valence-electron chi connectivity index (χ4n) is 3.17. The molecular weight excluding hydrogens is 340 g/mol. The van der Waals surface area contributed by atoms with Gasteiger partial charge in [0.1, 0.15) is 17.9 Å². The van der Waals surface area contributed by atoms with E-state index in [-0.39, 0.29) is 12.3 Å². The second-order valence-electron chi connectivity index (χ2n) is 6.37. The van der Waals surface area contributed by atoms with Gasteiger partial charge in [-0.2, -0.15) is 0 Å². The Labute approximate surface area is 147 Å². The fraction of sp³-hybridized carbons (Fsp3) is 0.294. The third-order valence-corrected chi connectivity index (χ3v) is 4.64.